The lowest BCUT2D eigenvalue weighted by atomic mass is 9.93. The topological polar surface area (TPSA) is 156 Å². The van der Waals surface area contributed by atoms with Crippen molar-refractivity contribution >= 4 is 43.1 Å². The average molecular weight is 775 g/mol. The zero-order chi connectivity index (χ0) is 40.7. The molecule has 0 aliphatic carbocycles. The second-order valence-corrected chi connectivity index (χ2v) is 13.5. The lowest BCUT2D eigenvalue weighted by Gasteiger charge is -2.19. The van der Waals surface area contributed by atoms with Crippen molar-refractivity contribution < 1.29 is 26.3 Å². The van der Waals surface area contributed by atoms with Crippen LogP contribution in [0.25, 0.3) is 65.6 Å². The standard InChI is InChI=1S/C38H20F6N4O8/c1-14(2)46-31(51)21-12-25-26(13-22(21)32(46)52)36(56)48(35(25)55)16-5-7-18(28(9-16)38(42,43)44)17-6-4-15(8-27(17)37(39,40)41)47-33(53)23-10-19-20(11-24(23)34(47)54)30(50)45(3)29(19)49/h4-14H,1-3H3. The smallest absolute Gasteiger partial charge is 0.277 e. The fraction of sp³-hybridized carbons (Fsp3) is 0.158. The van der Waals surface area contributed by atoms with E-state index >= 15 is 0 Å². The van der Waals surface area contributed by atoms with Gasteiger partial charge in [0, 0.05) is 13.1 Å². The highest BCUT2D eigenvalue weighted by molar-refractivity contribution is 5.99. The van der Waals surface area contributed by atoms with Crippen LogP contribution in [0.2, 0.25) is 0 Å². The van der Waals surface area contributed by atoms with Gasteiger partial charge in [-0.15, -0.1) is 0 Å². The molecular weight excluding hydrogens is 754 g/mol. The molecule has 0 N–H and O–H groups in total. The summed E-state index contributed by atoms with van der Waals surface area (Å²) in [6.45, 7) is 3.13. The third kappa shape index (κ3) is 4.87. The molecule has 0 unspecified atom stereocenters. The van der Waals surface area contributed by atoms with E-state index in [-0.39, 0.29) is 43.1 Å². The molecule has 18 heteroatoms. The molecule has 0 saturated carbocycles. The third-order valence-corrected chi connectivity index (χ3v) is 9.96. The number of benzene rings is 4. The molecule has 8 aromatic rings. The molecule has 4 aromatic carbocycles. The minimum atomic E-state index is -5.38. The van der Waals surface area contributed by atoms with E-state index in [1.165, 1.54) is 7.05 Å². The van der Waals surface area contributed by atoms with Crippen LogP contribution in [0.5, 0.6) is 0 Å². The van der Waals surface area contributed by atoms with Gasteiger partial charge in [0.25, 0.3) is 44.5 Å². The largest absolute Gasteiger partial charge is 0.417 e. The molecule has 8 rings (SSSR count). The van der Waals surface area contributed by atoms with Gasteiger partial charge in [0.05, 0.1) is 65.6 Å². The molecule has 12 nitrogen and oxygen atoms in total. The van der Waals surface area contributed by atoms with Gasteiger partial charge in [-0.1, -0.05) is 12.1 Å². The first-order chi connectivity index (χ1) is 26.1. The summed E-state index contributed by atoms with van der Waals surface area (Å²) in [7, 11) is 1.17. The Morgan fingerprint density at radius 1 is 0.429 bits per heavy atom. The SMILES string of the molecule is CC(C)n1c(=O)c2cc3c(=O)n(-c4ccc(-c5ccc(-n6c(=O)c7cc8c(=O)n(C)c(=O)c8cc7c6=O)cc5C(F)(F)F)c(C(F)(F)F)c4)c(=O)c3cc2c1=O. The second kappa shape index (κ2) is 11.5. The van der Waals surface area contributed by atoms with Crippen molar-refractivity contribution in [3.05, 3.63) is 155 Å². The molecule has 56 heavy (non-hydrogen) atoms. The van der Waals surface area contributed by atoms with Gasteiger partial charge >= 0.3 is 12.4 Å². The highest BCUT2D eigenvalue weighted by Gasteiger charge is 2.39. The van der Waals surface area contributed by atoms with Gasteiger partial charge in [0.15, 0.2) is 0 Å². The molecule has 0 atom stereocenters. The Kier molecular flexibility index (Phi) is 7.41. The van der Waals surface area contributed by atoms with E-state index in [0.29, 0.717) is 33.4 Å². The maximum atomic E-state index is 14.7. The first kappa shape index (κ1) is 36.0. The maximum Gasteiger partial charge on any atom is 0.417 e. The van der Waals surface area contributed by atoms with E-state index < -0.39 is 96.5 Å². The predicted molar refractivity (Wildman–Crippen MR) is 193 cm³/mol. The molecular formula is C38H20F6N4O8. The zero-order valence-electron chi connectivity index (χ0n) is 28.7. The Balaban J connectivity index is 1.31. The van der Waals surface area contributed by atoms with Crippen LogP contribution in [-0.2, 0) is 19.4 Å². The van der Waals surface area contributed by atoms with Crippen LogP contribution in [0.15, 0.2) is 99.0 Å². The summed E-state index contributed by atoms with van der Waals surface area (Å²) in [6.07, 6.45) is -10.8. The van der Waals surface area contributed by atoms with Gasteiger partial charge in [0.2, 0.25) is 0 Å². The molecule has 282 valence electrons. The van der Waals surface area contributed by atoms with Crippen molar-refractivity contribution in [2.45, 2.75) is 32.2 Å². The Hall–Kier alpha value is -6.98. The summed E-state index contributed by atoms with van der Waals surface area (Å²) in [5.41, 5.74) is -14.5. The zero-order valence-corrected chi connectivity index (χ0v) is 28.7. The van der Waals surface area contributed by atoms with Crippen LogP contribution in [0.1, 0.15) is 31.0 Å². The first-order valence-electron chi connectivity index (χ1n) is 16.4. The minimum absolute atomic E-state index is 0.192. The van der Waals surface area contributed by atoms with E-state index in [4.69, 9.17) is 0 Å². The fourth-order valence-corrected chi connectivity index (χ4v) is 7.31. The fourth-order valence-electron chi connectivity index (χ4n) is 7.31. The number of rotatable bonds is 4. The number of halogens is 6. The highest BCUT2D eigenvalue weighted by Crippen LogP contribution is 2.44. The molecule has 0 amide bonds. The number of fused-ring (bicyclic) bond motifs is 4. The number of nitrogens with zero attached hydrogens (tertiary/aromatic N) is 4. The van der Waals surface area contributed by atoms with Crippen LogP contribution in [-0.4, -0.2) is 18.3 Å². The van der Waals surface area contributed by atoms with Crippen molar-refractivity contribution in [2.75, 3.05) is 0 Å². The Morgan fingerprint density at radius 3 is 1.00 bits per heavy atom. The summed E-state index contributed by atoms with van der Waals surface area (Å²) >= 11 is 0. The average Bonchev–Trinajstić information content (AvgIpc) is 3.71. The number of alkyl halides is 6. The highest BCUT2D eigenvalue weighted by atomic mass is 19.4. The van der Waals surface area contributed by atoms with E-state index in [1.807, 2.05) is 0 Å². The van der Waals surface area contributed by atoms with Crippen LogP contribution in [0.3, 0.4) is 0 Å². The quantitative estimate of drug-likeness (QED) is 0.244. The van der Waals surface area contributed by atoms with Crippen LogP contribution >= 0.6 is 0 Å². The van der Waals surface area contributed by atoms with Gasteiger partial charge in [0.1, 0.15) is 0 Å². The molecule has 0 aliphatic rings. The molecule has 0 spiro atoms. The Bertz CT molecular complexity index is 3350. The first-order valence-corrected chi connectivity index (χ1v) is 16.4. The van der Waals surface area contributed by atoms with E-state index in [9.17, 15) is 64.7 Å². The van der Waals surface area contributed by atoms with Crippen molar-refractivity contribution in [3.63, 3.8) is 0 Å². The third-order valence-electron chi connectivity index (χ3n) is 9.96. The molecule has 0 radical (unpaired) electrons. The van der Waals surface area contributed by atoms with Crippen molar-refractivity contribution in [1.29, 1.82) is 0 Å². The van der Waals surface area contributed by atoms with Gasteiger partial charge in [-0.3, -0.25) is 47.5 Å². The molecule has 4 aromatic heterocycles. The number of hydrogen-bond donors (Lipinski definition) is 0. The normalized spacial score (nSPS) is 12.8. The molecule has 0 aliphatic heterocycles. The number of aromatic nitrogens is 4. The van der Waals surface area contributed by atoms with Crippen molar-refractivity contribution in [2.24, 2.45) is 7.05 Å². The summed E-state index contributed by atoms with van der Waals surface area (Å²) in [6, 6.07) is 6.86. The Labute approximate surface area is 303 Å². The van der Waals surface area contributed by atoms with Crippen LogP contribution in [0, 0.1) is 0 Å². The van der Waals surface area contributed by atoms with Gasteiger partial charge in [-0.2, -0.15) is 26.3 Å². The molecule has 0 saturated heterocycles. The lowest BCUT2D eigenvalue weighted by Crippen LogP contribution is -2.27. The predicted octanol–water partition coefficient (Wildman–Crippen LogP) is 3.94. The summed E-state index contributed by atoms with van der Waals surface area (Å²) in [4.78, 5) is 104. The maximum absolute atomic E-state index is 14.7. The Morgan fingerprint density at radius 2 is 0.714 bits per heavy atom. The molecule has 0 fully saturated rings. The summed E-state index contributed by atoms with van der Waals surface area (Å²) in [5.74, 6) is 0. The summed E-state index contributed by atoms with van der Waals surface area (Å²) in [5, 5.41) is -2.32. The van der Waals surface area contributed by atoms with Crippen molar-refractivity contribution in [3.8, 4) is 22.5 Å². The molecule has 4 heterocycles. The lowest BCUT2D eigenvalue weighted by molar-refractivity contribution is -0.139. The van der Waals surface area contributed by atoms with Crippen molar-refractivity contribution in [1.82, 2.24) is 18.3 Å². The minimum Gasteiger partial charge on any atom is -0.277 e. The summed E-state index contributed by atoms with van der Waals surface area (Å²) < 4.78 is 90.4. The monoisotopic (exact) mass is 774 g/mol. The van der Waals surface area contributed by atoms with Gasteiger partial charge < -0.3 is 0 Å². The molecule has 0 bridgehead atoms. The van der Waals surface area contributed by atoms with Gasteiger partial charge in [-0.25, -0.2) is 9.13 Å². The van der Waals surface area contributed by atoms with E-state index in [2.05, 4.69) is 0 Å². The van der Waals surface area contributed by atoms with E-state index in [0.717, 1.165) is 45.5 Å². The van der Waals surface area contributed by atoms with Crippen LogP contribution < -0.4 is 44.5 Å². The van der Waals surface area contributed by atoms with Crippen LogP contribution in [0.4, 0.5) is 26.3 Å². The van der Waals surface area contributed by atoms with E-state index in [1.54, 1.807) is 13.8 Å². The number of hydrogen-bond acceptors (Lipinski definition) is 8. The second-order valence-electron chi connectivity index (χ2n) is 13.5. The van der Waals surface area contributed by atoms with Gasteiger partial charge in [-0.05, 0) is 73.5 Å².